The summed E-state index contributed by atoms with van der Waals surface area (Å²) in [5.74, 6) is 1.89. The molecule has 5 heteroatoms. The lowest BCUT2D eigenvalue weighted by Crippen LogP contribution is -2.27. The molecule has 0 saturated heterocycles. The van der Waals surface area contributed by atoms with Crippen LogP contribution in [0.1, 0.15) is 24.0 Å². The molecule has 1 fully saturated rings. The van der Waals surface area contributed by atoms with Crippen molar-refractivity contribution < 1.29 is 19.0 Å². The Kier molecular flexibility index (Phi) is 6.50. The summed E-state index contributed by atoms with van der Waals surface area (Å²) >= 11 is 0. The highest BCUT2D eigenvalue weighted by atomic mass is 16.5. The van der Waals surface area contributed by atoms with Gasteiger partial charge in [0.15, 0.2) is 11.5 Å². The van der Waals surface area contributed by atoms with E-state index in [4.69, 9.17) is 14.2 Å². The lowest BCUT2D eigenvalue weighted by molar-refractivity contribution is -0.126. The average Bonchev–Trinajstić information content (AvgIpc) is 3.50. The lowest BCUT2D eigenvalue weighted by Gasteiger charge is -2.13. The van der Waals surface area contributed by atoms with Crippen LogP contribution in [0.3, 0.4) is 0 Å². The van der Waals surface area contributed by atoms with Gasteiger partial charge in [-0.3, -0.25) is 4.79 Å². The van der Waals surface area contributed by atoms with Gasteiger partial charge in [0.05, 0.1) is 13.7 Å². The molecule has 1 saturated carbocycles. The molecule has 5 nitrogen and oxygen atoms in total. The van der Waals surface area contributed by atoms with Gasteiger partial charge in [0.1, 0.15) is 13.2 Å². The molecule has 0 heterocycles. The van der Waals surface area contributed by atoms with Crippen LogP contribution < -0.4 is 14.8 Å². The van der Waals surface area contributed by atoms with E-state index in [0.29, 0.717) is 37.2 Å². The molecule has 0 radical (unpaired) electrons. The van der Waals surface area contributed by atoms with E-state index in [1.807, 2.05) is 48.5 Å². The monoisotopic (exact) mass is 355 g/mol. The highest BCUT2D eigenvalue weighted by molar-refractivity contribution is 5.77. The third kappa shape index (κ3) is 5.77. The van der Waals surface area contributed by atoms with Crippen molar-refractivity contribution in [1.82, 2.24) is 5.32 Å². The number of rotatable bonds is 10. The van der Waals surface area contributed by atoms with Crippen molar-refractivity contribution in [3.8, 4) is 11.5 Å². The molecule has 0 bridgehead atoms. The van der Waals surface area contributed by atoms with Gasteiger partial charge in [-0.15, -0.1) is 0 Å². The second-order valence-corrected chi connectivity index (χ2v) is 6.49. The topological polar surface area (TPSA) is 56.8 Å². The number of nitrogens with one attached hydrogen (secondary N) is 1. The molecular formula is C21H25NO4. The summed E-state index contributed by atoms with van der Waals surface area (Å²) in [6, 6.07) is 15.6. The molecule has 0 spiro atoms. The number of carbonyl (C=O) groups is 1. The van der Waals surface area contributed by atoms with Gasteiger partial charge >= 0.3 is 0 Å². The van der Waals surface area contributed by atoms with Crippen molar-refractivity contribution in [2.75, 3.05) is 20.3 Å². The van der Waals surface area contributed by atoms with Gasteiger partial charge in [-0.1, -0.05) is 36.4 Å². The maximum absolute atomic E-state index is 11.8. The van der Waals surface area contributed by atoms with E-state index in [-0.39, 0.29) is 12.5 Å². The van der Waals surface area contributed by atoms with E-state index in [9.17, 15) is 4.79 Å². The van der Waals surface area contributed by atoms with Crippen molar-refractivity contribution >= 4 is 5.91 Å². The highest BCUT2D eigenvalue weighted by Gasteiger charge is 2.21. The zero-order valence-electron chi connectivity index (χ0n) is 15.1. The summed E-state index contributed by atoms with van der Waals surface area (Å²) in [5.41, 5.74) is 2.04. The Hall–Kier alpha value is -2.53. The number of amides is 1. The molecule has 1 aliphatic carbocycles. The van der Waals surface area contributed by atoms with Crippen molar-refractivity contribution in [3.63, 3.8) is 0 Å². The molecule has 0 aromatic heterocycles. The highest BCUT2D eigenvalue weighted by Crippen LogP contribution is 2.29. The van der Waals surface area contributed by atoms with Crippen LogP contribution in [0.5, 0.6) is 11.5 Å². The second-order valence-electron chi connectivity index (χ2n) is 6.49. The van der Waals surface area contributed by atoms with Gasteiger partial charge in [-0.05, 0) is 42.0 Å². The maximum atomic E-state index is 11.8. The van der Waals surface area contributed by atoms with Gasteiger partial charge in [-0.2, -0.15) is 0 Å². The third-order valence-corrected chi connectivity index (χ3v) is 4.24. The van der Waals surface area contributed by atoms with Crippen molar-refractivity contribution in [2.45, 2.75) is 26.0 Å². The number of hydrogen-bond acceptors (Lipinski definition) is 4. The Morgan fingerprint density at radius 1 is 1.08 bits per heavy atom. The zero-order valence-corrected chi connectivity index (χ0v) is 15.1. The molecule has 138 valence electrons. The van der Waals surface area contributed by atoms with Crippen LogP contribution in [-0.2, 0) is 22.7 Å². The molecule has 0 atom stereocenters. The summed E-state index contributed by atoms with van der Waals surface area (Å²) in [4.78, 5) is 11.8. The van der Waals surface area contributed by atoms with E-state index in [1.165, 1.54) is 12.8 Å². The SMILES string of the molecule is COc1cc(CNC(=O)COCC2CC2)ccc1OCc1ccccc1. The van der Waals surface area contributed by atoms with Crippen LogP contribution >= 0.6 is 0 Å². The quantitative estimate of drug-likeness (QED) is 0.710. The first-order chi connectivity index (χ1) is 12.7. The normalized spacial score (nSPS) is 13.3. The lowest BCUT2D eigenvalue weighted by atomic mass is 10.2. The summed E-state index contributed by atoms with van der Waals surface area (Å²) in [6.45, 7) is 1.72. The number of ether oxygens (including phenoxy) is 3. The Morgan fingerprint density at radius 3 is 2.62 bits per heavy atom. The van der Waals surface area contributed by atoms with Crippen LogP contribution in [0.2, 0.25) is 0 Å². The van der Waals surface area contributed by atoms with Gasteiger partial charge in [0.25, 0.3) is 0 Å². The van der Waals surface area contributed by atoms with Crippen molar-refractivity contribution in [3.05, 3.63) is 59.7 Å². The van der Waals surface area contributed by atoms with E-state index < -0.39 is 0 Å². The van der Waals surface area contributed by atoms with E-state index in [2.05, 4.69) is 5.32 Å². The van der Waals surface area contributed by atoms with Gasteiger partial charge < -0.3 is 19.5 Å². The summed E-state index contributed by atoms with van der Waals surface area (Å²) < 4.78 is 16.6. The zero-order chi connectivity index (χ0) is 18.2. The minimum absolute atomic E-state index is 0.103. The molecule has 2 aromatic rings. The number of methoxy groups -OCH3 is 1. The predicted molar refractivity (Wildman–Crippen MR) is 99.2 cm³/mol. The third-order valence-electron chi connectivity index (χ3n) is 4.24. The van der Waals surface area contributed by atoms with Gasteiger partial charge in [0, 0.05) is 6.54 Å². The summed E-state index contributed by atoms with van der Waals surface area (Å²) in [5, 5.41) is 2.86. The van der Waals surface area contributed by atoms with Crippen LogP contribution in [0.25, 0.3) is 0 Å². The van der Waals surface area contributed by atoms with Crippen molar-refractivity contribution in [2.24, 2.45) is 5.92 Å². The molecule has 0 aliphatic heterocycles. The molecular weight excluding hydrogens is 330 g/mol. The molecule has 1 N–H and O–H groups in total. The van der Waals surface area contributed by atoms with E-state index >= 15 is 0 Å². The second kappa shape index (κ2) is 9.25. The summed E-state index contributed by atoms with van der Waals surface area (Å²) in [7, 11) is 1.61. The van der Waals surface area contributed by atoms with Crippen molar-refractivity contribution in [1.29, 1.82) is 0 Å². The average molecular weight is 355 g/mol. The smallest absolute Gasteiger partial charge is 0.246 e. The molecule has 1 aliphatic rings. The molecule has 3 rings (SSSR count). The Balaban J connectivity index is 1.48. The minimum atomic E-state index is -0.103. The number of hydrogen-bond donors (Lipinski definition) is 1. The standard InChI is InChI=1S/C21H25NO4/c1-24-20-11-18(12-22-21(23)15-25-13-17-7-8-17)9-10-19(20)26-14-16-5-3-2-4-6-16/h2-6,9-11,17H,7-8,12-15H2,1H3,(H,22,23). The first kappa shape index (κ1) is 18.3. The molecule has 26 heavy (non-hydrogen) atoms. The first-order valence-corrected chi connectivity index (χ1v) is 8.92. The van der Waals surface area contributed by atoms with Gasteiger partial charge in [0.2, 0.25) is 5.91 Å². The molecule has 2 aromatic carbocycles. The van der Waals surface area contributed by atoms with E-state index in [0.717, 1.165) is 11.1 Å². The fourth-order valence-corrected chi connectivity index (χ4v) is 2.53. The molecule has 0 unspecified atom stereocenters. The Bertz CT molecular complexity index is 713. The minimum Gasteiger partial charge on any atom is -0.493 e. The van der Waals surface area contributed by atoms with Crippen LogP contribution in [0.15, 0.2) is 48.5 Å². The predicted octanol–water partition coefficient (Wildman–Crippen LogP) is 3.32. The van der Waals surface area contributed by atoms with Crippen LogP contribution in [0, 0.1) is 5.92 Å². The molecule has 1 amide bonds. The Labute approximate surface area is 154 Å². The van der Waals surface area contributed by atoms with E-state index in [1.54, 1.807) is 7.11 Å². The summed E-state index contributed by atoms with van der Waals surface area (Å²) in [6.07, 6.45) is 2.44. The first-order valence-electron chi connectivity index (χ1n) is 8.92. The largest absolute Gasteiger partial charge is 0.493 e. The van der Waals surface area contributed by atoms with Crippen LogP contribution in [0.4, 0.5) is 0 Å². The Morgan fingerprint density at radius 2 is 1.88 bits per heavy atom. The van der Waals surface area contributed by atoms with Gasteiger partial charge in [-0.25, -0.2) is 0 Å². The number of benzene rings is 2. The van der Waals surface area contributed by atoms with Crippen LogP contribution in [-0.4, -0.2) is 26.2 Å². The fraction of sp³-hybridized carbons (Fsp3) is 0.381. The fourth-order valence-electron chi connectivity index (χ4n) is 2.53. The number of carbonyl (C=O) groups excluding carboxylic acids is 1. The maximum Gasteiger partial charge on any atom is 0.246 e.